The van der Waals surface area contributed by atoms with Gasteiger partial charge in [-0.05, 0) is 23.3 Å². The number of fused-ring (bicyclic) bond motifs is 2. The Kier molecular flexibility index (Phi) is 4.30. The van der Waals surface area contributed by atoms with Crippen molar-refractivity contribution in [3.05, 3.63) is 59.7 Å². The van der Waals surface area contributed by atoms with Gasteiger partial charge in [0.1, 0.15) is 0 Å². The molecule has 2 aromatic carbocycles. The Morgan fingerprint density at radius 1 is 0.895 bits per heavy atom. The van der Waals surface area contributed by atoms with Gasteiger partial charge in [0.05, 0.1) is 11.4 Å². The first-order chi connectivity index (χ1) is 8.77. The van der Waals surface area contributed by atoms with Crippen molar-refractivity contribution in [3.8, 4) is 0 Å². The van der Waals surface area contributed by atoms with Gasteiger partial charge in [-0.25, -0.2) is 4.79 Å². The fourth-order valence-corrected chi connectivity index (χ4v) is 2.21. The molecule has 1 heterocycles. The summed E-state index contributed by atoms with van der Waals surface area (Å²) in [5.41, 5.74) is 9.11. The fourth-order valence-electron chi connectivity index (χ4n) is 2.21. The van der Waals surface area contributed by atoms with Crippen LogP contribution in [-0.2, 0) is 0 Å². The average Bonchev–Trinajstić information content (AvgIpc) is 2.55. The van der Waals surface area contributed by atoms with Crippen LogP contribution in [0.1, 0.15) is 14.0 Å². The molecule has 0 unspecified atom stereocenters. The van der Waals surface area contributed by atoms with Gasteiger partial charge in [0.15, 0.2) is 0 Å². The number of hydrogen-bond donors (Lipinski definition) is 1. The van der Waals surface area contributed by atoms with Crippen molar-refractivity contribution in [2.24, 2.45) is 5.73 Å². The monoisotopic (exact) mass is 278 g/mol. The van der Waals surface area contributed by atoms with Gasteiger partial charge in [-0.1, -0.05) is 48.6 Å². The maximum atomic E-state index is 11.8. The van der Waals surface area contributed by atoms with Crippen molar-refractivity contribution in [2.45, 2.75) is 0 Å². The molecule has 3 rings (SSSR count). The Morgan fingerprint density at radius 3 is 1.74 bits per heavy atom. The van der Waals surface area contributed by atoms with E-state index in [1.54, 1.807) is 4.90 Å². The first kappa shape index (κ1) is 14.1. The molecule has 0 saturated heterocycles. The number of nitrogens with two attached hydrogens (primary N) is 1. The molecule has 0 bridgehead atoms. The van der Waals surface area contributed by atoms with Crippen molar-refractivity contribution in [3.63, 3.8) is 0 Å². The van der Waals surface area contributed by atoms with E-state index >= 15 is 0 Å². The number of primary amides is 1. The molecule has 1 aliphatic heterocycles. The Morgan fingerprint density at radius 2 is 1.32 bits per heavy atom. The van der Waals surface area contributed by atoms with Crippen molar-refractivity contribution >= 4 is 67.3 Å². The molecule has 2 N–H and O–H groups in total. The van der Waals surface area contributed by atoms with Crippen LogP contribution in [0.25, 0.3) is 12.2 Å². The van der Waals surface area contributed by atoms with Crippen LogP contribution in [0, 0.1) is 0 Å². The molecule has 4 heteroatoms. The SMILES string of the molecule is NC(=O)N1c2ccccc2C=Cc2ccccc21.[Ca+2].[H-].[H-]. The predicted octanol–water partition coefficient (Wildman–Crippen LogP) is 3.23. The number of carbonyl (C=O) groups is 1. The van der Waals surface area contributed by atoms with Gasteiger partial charge in [-0.2, -0.15) is 0 Å². The van der Waals surface area contributed by atoms with Crippen LogP contribution < -0.4 is 10.6 Å². The third-order valence-electron chi connectivity index (χ3n) is 3.02. The van der Waals surface area contributed by atoms with E-state index in [0.717, 1.165) is 22.5 Å². The minimum atomic E-state index is -0.474. The number of urea groups is 1. The second-order valence-electron chi connectivity index (χ2n) is 4.12. The van der Waals surface area contributed by atoms with Gasteiger partial charge >= 0.3 is 43.8 Å². The summed E-state index contributed by atoms with van der Waals surface area (Å²) in [4.78, 5) is 13.3. The van der Waals surface area contributed by atoms with Gasteiger partial charge in [0.25, 0.3) is 0 Å². The largest absolute Gasteiger partial charge is 2.00 e. The number of rotatable bonds is 0. The molecule has 0 radical (unpaired) electrons. The Hall–Kier alpha value is -1.29. The number of para-hydroxylation sites is 2. The molecule has 3 nitrogen and oxygen atoms in total. The summed E-state index contributed by atoms with van der Waals surface area (Å²) in [5, 5.41) is 0. The van der Waals surface area contributed by atoms with E-state index in [-0.39, 0.29) is 40.6 Å². The molecule has 0 spiro atoms. The fraction of sp³-hybridized carbons (Fsp3) is 0. The summed E-state index contributed by atoms with van der Waals surface area (Å²) in [6.45, 7) is 0. The minimum Gasteiger partial charge on any atom is -1.00 e. The van der Waals surface area contributed by atoms with Gasteiger partial charge < -0.3 is 8.59 Å². The van der Waals surface area contributed by atoms with Crippen LogP contribution in [-0.4, -0.2) is 43.8 Å². The maximum Gasteiger partial charge on any atom is 2.00 e. The van der Waals surface area contributed by atoms with E-state index in [9.17, 15) is 4.79 Å². The second kappa shape index (κ2) is 5.78. The van der Waals surface area contributed by atoms with Crippen molar-refractivity contribution in [1.29, 1.82) is 0 Å². The number of benzene rings is 2. The number of hydrogen-bond acceptors (Lipinski definition) is 1. The third-order valence-corrected chi connectivity index (χ3v) is 3.02. The number of nitrogens with zero attached hydrogens (tertiary/aromatic N) is 1. The summed E-state index contributed by atoms with van der Waals surface area (Å²) in [5.74, 6) is 0. The van der Waals surface area contributed by atoms with E-state index in [0.29, 0.717) is 0 Å². The van der Waals surface area contributed by atoms with Crippen molar-refractivity contribution < 1.29 is 7.65 Å². The van der Waals surface area contributed by atoms with E-state index in [1.165, 1.54) is 0 Å². The van der Waals surface area contributed by atoms with Gasteiger partial charge in [0.2, 0.25) is 0 Å². The van der Waals surface area contributed by atoms with Crippen LogP contribution >= 0.6 is 0 Å². The molecule has 0 aromatic heterocycles. The smallest absolute Gasteiger partial charge is 1.00 e. The average molecular weight is 278 g/mol. The van der Waals surface area contributed by atoms with Crippen LogP contribution in [0.5, 0.6) is 0 Å². The standard InChI is InChI=1S/C15H12N2O.Ca.2H/c16-15(18)17-13-7-3-1-5-11(13)9-10-12-6-2-4-8-14(12)17;;;/h1-10H,(H2,16,18);;;/q;+2;2*-1. The van der Waals surface area contributed by atoms with Crippen molar-refractivity contribution in [1.82, 2.24) is 0 Å². The molecule has 1 aliphatic rings. The topological polar surface area (TPSA) is 46.3 Å². The number of amides is 2. The van der Waals surface area contributed by atoms with Crippen LogP contribution in [0.3, 0.4) is 0 Å². The van der Waals surface area contributed by atoms with E-state index in [4.69, 9.17) is 5.73 Å². The van der Waals surface area contributed by atoms with E-state index in [1.807, 2.05) is 60.7 Å². The molecule has 2 aromatic rings. The third kappa shape index (κ3) is 2.54. The Labute approximate surface area is 144 Å². The normalized spacial score (nSPS) is 11.9. The number of carbonyl (C=O) groups excluding carboxylic acids is 1. The summed E-state index contributed by atoms with van der Waals surface area (Å²) in [6, 6.07) is 14.9. The predicted molar refractivity (Wildman–Crippen MR) is 81.5 cm³/mol. The molecule has 2 amide bonds. The van der Waals surface area contributed by atoms with Crippen LogP contribution in [0.15, 0.2) is 48.5 Å². The minimum absolute atomic E-state index is 0. The van der Waals surface area contributed by atoms with Crippen LogP contribution in [0.4, 0.5) is 16.2 Å². The summed E-state index contributed by atoms with van der Waals surface area (Å²) in [7, 11) is 0. The molecule has 19 heavy (non-hydrogen) atoms. The van der Waals surface area contributed by atoms with Gasteiger partial charge in [0, 0.05) is 0 Å². The second-order valence-corrected chi connectivity index (χ2v) is 4.12. The molecular weight excluding hydrogens is 264 g/mol. The Balaban J connectivity index is 0.00000133. The van der Waals surface area contributed by atoms with E-state index < -0.39 is 6.03 Å². The molecular formula is C15H14CaN2O. The molecule has 0 fully saturated rings. The zero-order valence-corrected chi connectivity index (χ0v) is 12.6. The first-order valence-corrected chi connectivity index (χ1v) is 5.73. The van der Waals surface area contributed by atoms with E-state index in [2.05, 4.69) is 0 Å². The van der Waals surface area contributed by atoms with Gasteiger partial charge in [-0.3, -0.25) is 4.90 Å². The van der Waals surface area contributed by atoms with Crippen molar-refractivity contribution in [2.75, 3.05) is 4.90 Å². The molecule has 92 valence electrons. The summed E-state index contributed by atoms with van der Waals surface area (Å²) >= 11 is 0. The molecule has 0 atom stereocenters. The summed E-state index contributed by atoms with van der Waals surface area (Å²) in [6.07, 6.45) is 3.99. The molecule has 0 saturated carbocycles. The summed E-state index contributed by atoms with van der Waals surface area (Å²) < 4.78 is 0. The first-order valence-electron chi connectivity index (χ1n) is 5.73. The quantitative estimate of drug-likeness (QED) is 0.739. The van der Waals surface area contributed by atoms with Gasteiger partial charge in [-0.15, -0.1) is 0 Å². The zero-order chi connectivity index (χ0) is 12.5. The molecule has 0 aliphatic carbocycles. The maximum absolute atomic E-state index is 11.8. The van der Waals surface area contributed by atoms with Crippen LogP contribution in [0.2, 0.25) is 0 Å². The Bertz CT molecular complexity index is 612. The zero-order valence-electron chi connectivity index (χ0n) is 12.4. The number of anilines is 2.